The zero-order valence-corrected chi connectivity index (χ0v) is 10.8. The van der Waals surface area contributed by atoms with Crippen LogP contribution in [0.3, 0.4) is 0 Å². The average Bonchev–Trinajstić information content (AvgIpc) is 2.47. The zero-order chi connectivity index (χ0) is 13.2. The monoisotopic (exact) mass is 257 g/mol. The molecule has 1 unspecified atom stereocenters. The topological polar surface area (TPSA) is 21.3 Å². The fourth-order valence-corrected chi connectivity index (χ4v) is 2.39. The summed E-state index contributed by atoms with van der Waals surface area (Å²) in [6.45, 7) is 2.81. The molecule has 0 bridgehead atoms. The van der Waals surface area contributed by atoms with Crippen molar-refractivity contribution >= 4 is 5.69 Å². The van der Waals surface area contributed by atoms with E-state index in [0.29, 0.717) is 6.54 Å². The van der Waals surface area contributed by atoms with Gasteiger partial charge in [0.1, 0.15) is 17.7 Å². The Morgan fingerprint density at radius 2 is 2.00 bits per heavy atom. The lowest BCUT2D eigenvalue weighted by atomic mass is 10.0. The number of hydrogen-bond acceptors (Lipinski definition) is 2. The summed E-state index contributed by atoms with van der Waals surface area (Å²) in [5, 5.41) is 3.38. The summed E-state index contributed by atoms with van der Waals surface area (Å²) in [5.41, 5.74) is 3.22. The third-order valence-electron chi connectivity index (χ3n) is 3.46. The van der Waals surface area contributed by atoms with Crippen molar-refractivity contribution in [1.29, 1.82) is 0 Å². The first-order chi connectivity index (χ1) is 9.28. The van der Waals surface area contributed by atoms with Gasteiger partial charge in [0.05, 0.1) is 12.2 Å². The van der Waals surface area contributed by atoms with Crippen LogP contribution in [0, 0.1) is 5.82 Å². The Morgan fingerprint density at radius 1 is 1.21 bits per heavy atom. The number of fused-ring (bicyclic) bond motifs is 1. The fraction of sp³-hybridized carbons (Fsp3) is 0.250. The standard InChI is InChI=1S/C16H16FNO/c1-2-11-4-3-5-14-16(11)19-15(10-18-14)12-6-8-13(17)9-7-12/h3-9,15,18H,2,10H2,1H3. The summed E-state index contributed by atoms with van der Waals surface area (Å²) in [6.07, 6.45) is 0.863. The highest BCUT2D eigenvalue weighted by atomic mass is 19.1. The van der Waals surface area contributed by atoms with Gasteiger partial charge >= 0.3 is 0 Å². The van der Waals surface area contributed by atoms with Gasteiger partial charge in [-0.2, -0.15) is 0 Å². The van der Waals surface area contributed by atoms with Crippen LogP contribution >= 0.6 is 0 Å². The molecule has 0 fully saturated rings. The van der Waals surface area contributed by atoms with Crippen LogP contribution in [0.1, 0.15) is 24.2 Å². The van der Waals surface area contributed by atoms with E-state index in [0.717, 1.165) is 23.4 Å². The molecule has 1 aliphatic heterocycles. The summed E-state index contributed by atoms with van der Waals surface area (Å²) >= 11 is 0. The lowest BCUT2D eigenvalue weighted by Crippen LogP contribution is -2.24. The molecule has 98 valence electrons. The number of rotatable bonds is 2. The Bertz CT molecular complexity index is 566. The summed E-state index contributed by atoms with van der Waals surface area (Å²) < 4.78 is 19.1. The SMILES string of the molecule is CCc1cccc2c1OC(c1ccc(F)cc1)CN2. The van der Waals surface area contributed by atoms with Gasteiger partial charge < -0.3 is 10.1 Å². The molecule has 19 heavy (non-hydrogen) atoms. The molecule has 0 spiro atoms. The van der Waals surface area contributed by atoms with Gasteiger partial charge in [0.2, 0.25) is 0 Å². The van der Waals surface area contributed by atoms with E-state index in [1.807, 2.05) is 12.1 Å². The van der Waals surface area contributed by atoms with Gasteiger partial charge in [-0.1, -0.05) is 31.2 Å². The first-order valence-electron chi connectivity index (χ1n) is 6.56. The molecule has 0 aliphatic carbocycles. The van der Waals surface area contributed by atoms with Crippen LogP contribution in [0.25, 0.3) is 0 Å². The molecular weight excluding hydrogens is 241 g/mol. The van der Waals surface area contributed by atoms with Crippen molar-refractivity contribution in [3.05, 3.63) is 59.4 Å². The molecule has 0 saturated heterocycles. The summed E-state index contributed by atoms with van der Waals surface area (Å²) in [4.78, 5) is 0. The smallest absolute Gasteiger partial charge is 0.146 e. The number of nitrogens with one attached hydrogen (secondary N) is 1. The quantitative estimate of drug-likeness (QED) is 0.880. The minimum atomic E-state index is -0.220. The largest absolute Gasteiger partial charge is 0.481 e. The van der Waals surface area contributed by atoms with Gasteiger partial charge in [-0.25, -0.2) is 4.39 Å². The van der Waals surface area contributed by atoms with Crippen LogP contribution in [-0.4, -0.2) is 6.54 Å². The van der Waals surface area contributed by atoms with Crippen molar-refractivity contribution in [2.24, 2.45) is 0 Å². The number of para-hydroxylation sites is 1. The number of aryl methyl sites for hydroxylation is 1. The third kappa shape index (κ3) is 2.28. The van der Waals surface area contributed by atoms with Crippen LogP contribution in [0.15, 0.2) is 42.5 Å². The molecule has 1 N–H and O–H groups in total. The van der Waals surface area contributed by atoms with Crippen LogP contribution in [0.4, 0.5) is 10.1 Å². The third-order valence-corrected chi connectivity index (χ3v) is 3.46. The maximum atomic E-state index is 13.0. The lowest BCUT2D eigenvalue weighted by Gasteiger charge is -2.29. The zero-order valence-electron chi connectivity index (χ0n) is 10.8. The highest BCUT2D eigenvalue weighted by Crippen LogP contribution is 2.37. The molecule has 1 atom stereocenters. The molecule has 1 heterocycles. The highest BCUT2D eigenvalue weighted by Gasteiger charge is 2.22. The van der Waals surface area contributed by atoms with Crippen molar-refractivity contribution in [2.75, 3.05) is 11.9 Å². The van der Waals surface area contributed by atoms with Gasteiger partial charge in [-0.15, -0.1) is 0 Å². The Labute approximate surface area is 112 Å². The van der Waals surface area contributed by atoms with Crippen molar-refractivity contribution in [3.63, 3.8) is 0 Å². The van der Waals surface area contributed by atoms with E-state index in [9.17, 15) is 4.39 Å². The summed E-state index contributed by atoms with van der Waals surface area (Å²) in [7, 11) is 0. The van der Waals surface area contributed by atoms with Gasteiger partial charge in [0.15, 0.2) is 0 Å². The Hall–Kier alpha value is -2.03. The second kappa shape index (κ2) is 4.92. The highest BCUT2D eigenvalue weighted by molar-refractivity contribution is 5.62. The molecule has 2 aromatic rings. The maximum Gasteiger partial charge on any atom is 0.146 e. The molecule has 1 aliphatic rings. The van der Waals surface area contributed by atoms with E-state index in [1.54, 1.807) is 12.1 Å². The molecule has 3 heteroatoms. The molecule has 3 rings (SSSR count). The Balaban J connectivity index is 1.91. The van der Waals surface area contributed by atoms with Crippen molar-refractivity contribution in [2.45, 2.75) is 19.4 Å². The second-order valence-electron chi connectivity index (χ2n) is 4.69. The molecule has 0 amide bonds. The number of halogens is 1. The lowest BCUT2D eigenvalue weighted by molar-refractivity contribution is 0.208. The van der Waals surface area contributed by atoms with Crippen molar-refractivity contribution in [3.8, 4) is 5.75 Å². The number of ether oxygens (including phenoxy) is 1. The van der Waals surface area contributed by atoms with E-state index in [4.69, 9.17) is 4.74 Å². The van der Waals surface area contributed by atoms with E-state index in [-0.39, 0.29) is 11.9 Å². The molecule has 0 saturated carbocycles. The van der Waals surface area contributed by atoms with Gasteiger partial charge in [0.25, 0.3) is 0 Å². The van der Waals surface area contributed by atoms with E-state index >= 15 is 0 Å². The number of hydrogen-bond donors (Lipinski definition) is 1. The first kappa shape index (κ1) is 12.0. The van der Waals surface area contributed by atoms with Gasteiger partial charge in [-0.3, -0.25) is 0 Å². The first-order valence-corrected chi connectivity index (χ1v) is 6.56. The van der Waals surface area contributed by atoms with Crippen LogP contribution in [0.2, 0.25) is 0 Å². The maximum absolute atomic E-state index is 13.0. The van der Waals surface area contributed by atoms with Crippen LogP contribution in [0.5, 0.6) is 5.75 Å². The Morgan fingerprint density at radius 3 is 2.74 bits per heavy atom. The molecular formula is C16H16FNO. The van der Waals surface area contributed by atoms with Crippen molar-refractivity contribution in [1.82, 2.24) is 0 Å². The summed E-state index contributed by atoms with van der Waals surface area (Å²) in [5.74, 6) is 0.702. The molecule has 2 aromatic carbocycles. The second-order valence-corrected chi connectivity index (χ2v) is 4.69. The predicted molar refractivity (Wildman–Crippen MR) is 74.1 cm³/mol. The minimum Gasteiger partial charge on any atom is -0.481 e. The fourth-order valence-electron chi connectivity index (χ4n) is 2.39. The van der Waals surface area contributed by atoms with Crippen molar-refractivity contribution < 1.29 is 9.13 Å². The van der Waals surface area contributed by atoms with Crippen LogP contribution < -0.4 is 10.1 Å². The van der Waals surface area contributed by atoms with E-state index < -0.39 is 0 Å². The van der Waals surface area contributed by atoms with Gasteiger partial charge in [-0.05, 0) is 35.7 Å². The number of anilines is 1. The minimum absolute atomic E-state index is 0.0687. The molecule has 2 nitrogen and oxygen atoms in total. The summed E-state index contributed by atoms with van der Waals surface area (Å²) in [6, 6.07) is 12.6. The molecule has 0 aromatic heterocycles. The van der Waals surface area contributed by atoms with Gasteiger partial charge in [0, 0.05) is 0 Å². The average molecular weight is 257 g/mol. The predicted octanol–water partition coefficient (Wildman–Crippen LogP) is 3.93. The van der Waals surface area contributed by atoms with E-state index in [1.165, 1.54) is 17.7 Å². The van der Waals surface area contributed by atoms with Crippen LogP contribution in [-0.2, 0) is 6.42 Å². The molecule has 0 radical (unpaired) electrons. The Kier molecular flexibility index (Phi) is 3.11. The number of benzene rings is 2. The van der Waals surface area contributed by atoms with E-state index in [2.05, 4.69) is 18.3 Å². The normalized spacial score (nSPS) is 17.3.